The van der Waals surface area contributed by atoms with Crippen LogP contribution in [0.25, 0.3) is 0 Å². The van der Waals surface area contributed by atoms with Crippen LogP contribution in [0.5, 0.6) is 0 Å². The molecule has 1 aliphatic rings. The van der Waals surface area contributed by atoms with Crippen molar-refractivity contribution >= 4 is 21.8 Å². The van der Waals surface area contributed by atoms with Crippen molar-refractivity contribution in [3.05, 3.63) is 34.3 Å². The molecular weight excluding hydrogens is 328 g/mol. The minimum absolute atomic E-state index is 0.115. The van der Waals surface area contributed by atoms with E-state index in [1.165, 1.54) is 31.2 Å². The van der Waals surface area contributed by atoms with Crippen molar-refractivity contribution < 1.29 is 4.79 Å². The first-order chi connectivity index (χ1) is 10.1. The molecule has 0 heterocycles. The summed E-state index contributed by atoms with van der Waals surface area (Å²) in [6.07, 6.45) is 7.37. The maximum atomic E-state index is 12.0. The molecule has 2 rings (SSSR count). The summed E-state index contributed by atoms with van der Waals surface area (Å²) >= 11 is 3.48. The van der Waals surface area contributed by atoms with Crippen molar-refractivity contribution in [1.82, 2.24) is 10.6 Å². The van der Waals surface area contributed by atoms with E-state index < -0.39 is 0 Å². The van der Waals surface area contributed by atoms with Gasteiger partial charge in [-0.05, 0) is 37.5 Å². The molecule has 0 aromatic heterocycles. The number of benzene rings is 1. The molecule has 1 aliphatic carbocycles. The van der Waals surface area contributed by atoms with Gasteiger partial charge in [0.05, 0.1) is 6.54 Å². The smallest absolute Gasteiger partial charge is 0.234 e. The van der Waals surface area contributed by atoms with Gasteiger partial charge < -0.3 is 10.6 Å². The monoisotopic (exact) mass is 352 g/mol. The van der Waals surface area contributed by atoms with Crippen LogP contribution in [0.2, 0.25) is 0 Å². The van der Waals surface area contributed by atoms with E-state index in [4.69, 9.17) is 0 Å². The highest BCUT2D eigenvalue weighted by molar-refractivity contribution is 9.10. The van der Waals surface area contributed by atoms with Crippen molar-refractivity contribution in [2.75, 3.05) is 6.54 Å². The Balaban J connectivity index is 1.75. The Morgan fingerprint density at radius 3 is 2.67 bits per heavy atom. The molecule has 0 spiro atoms. The predicted octanol–water partition coefficient (Wildman–Crippen LogP) is 3.94. The summed E-state index contributed by atoms with van der Waals surface area (Å²) in [6, 6.07) is 8.73. The van der Waals surface area contributed by atoms with Gasteiger partial charge in [0, 0.05) is 16.6 Å². The van der Waals surface area contributed by atoms with Crippen LogP contribution >= 0.6 is 15.9 Å². The van der Waals surface area contributed by atoms with Crippen molar-refractivity contribution in [2.24, 2.45) is 0 Å². The van der Waals surface area contributed by atoms with E-state index in [1.54, 1.807) is 0 Å². The fraction of sp³-hybridized carbons (Fsp3) is 0.588. The second kappa shape index (κ2) is 8.54. The molecule has 21 heavy (non-hydrogen) atoms. The van der Waals surface area contributed by atoms with Gasteiger partial charge in [0.15, 0.2) is 0 Å². The molecule has 1 aromatic rings. The highest BCUT2D eigenvalue weighted by Gasteiger charge is 2.15. The summed E-state index contributed by atoms with van der Waals surface area (Å²) < 4.78 is 1.07. The van der Waals surface area contributed by atoms with Crippen molar-refractivity contribution in [1.29, 1.82) is 0 Å². The quantitative estimate of drug-likeness (QED) is 0.788. The molecule has 1 amide bonds. The highest BCUT2D eigenvalue weighted by atomic mass is 79.9. The van der Waals surface area contributed by atoms with Gasteiger partial charge in [0.2, 0.25) is 5.91 Å². The van der Waals surface area contributed by atoms with Crippen molar-refractivity contribution in [3.63, 3.8) is 0 Å². The normalized spacial score (nSPS) is 18.0. The molecule has 1 saturated carbocycles. The fourth-order valence-corrected chi connectivity index (χ4v) is 3.26. The summed E-state index contributed by atoms with van der Waals surface area (Å²) in [5.41, 5.74) is 1.19. The van der Waals surface area contributed by atoms with Crippen LogP contribution in [0, 0.1) is 0 Å². The molecule has 4 heteroatoms. The van der Waals surface area contributed by atoms with Crippen LogP contribution in [0.1, 0.15) is 57.1 Å². The fourth-order valence-electron chi connectivity index (χ4n) is 2.84. The lowest BCUT2D eigenvalue weighted by Crippen LogP contribution is -2.40. The lowest BCUT2D eigenvalue weighted by Gasteiger charge is -2.18. The zero-order chi connectivity index (χ0) is 15.1. The first-order valence-electron chi connectivity index (χ1n) is 7.93. The standard InChI is InChI=1S/C17H25BrN2O/c1-13(14-7-6-8-15(18)11-14)19-12-17(21)20-16-9-4-2-3-5-10-16/h6-8,11,13,16,19H,2-5,9-10,12H2,1H3,(H,20,21)/t13-/m0/s1. The second-order valence-electron chi connectivity index (χ2n) is 5.91. The Morgan fingerprint density at radius 1 is 1.29 bits per heavy atom. The maximum absolute atomic E-state index is 12.0. The molecule has 0 bridgehead atoms. The average Bonchev–Trinajstić information content (AvgIpc) is 2.73. The van der Waals surface area contributed by atoms with E-state index in [0.29, 0.717) is 12.6 Å². The average molecular weight is 353 g/mol. The van der Waals surface area contributed by atoms with Gasteiger partial charge in [-0.3, -0.25) is 4.79 Å². The van der Waals surface area contributed by atoms with Gasteiger partial charge in [-0.25, -0.2) is 0 Å². The van der Waals surface area contributed by atoms with Gasteiger partial charge in [0.1, 0.15) is 0 Å². The minimum atomic E-state index is 0.115. The van der Waals surface area contributed by atoms with Gasteiger partial charge in [-0.2, -0.15) is 0 Å². The van der Waals surface area contributed by atoms with E-state index >= 15 is 0 Å². The van der Waals surface area contributed by atoms with Crippen LogP contribution in [0.4, 0.5) is 0 Å². The Hall–Kier alpha value is -0.870. The first-order valence-corrected chi connectivity index (χ1v) is 8.72. The van der Waals surface area contributed by atoms with Crippen LogP contribution in [-0.2, 0) is 4.79 Å². The molecule has 1 aromatic carbocycles. The summed E-state index contributed by atoms with van der Waals surface area (Å²) in [5.74, 6) is 0.115. The number of hydrogen-bond donors (Lipinski definition) is 2. The number of halogens is 1. The Labute approximate surface area is 136 Å². The summed E-state index contributed by atoms with van der Waals surface area (Å²) in [7, 11) is 0. The zero-order valence-electron chi connectivity index (χ0n) is 12.7. The SMILES string of the molecule is C[C@H](NCC(=O)NC1CCCCCC1)c1cccc(Br)c1. The van der Waals surface area contributed by atoms with Crippen molar-refractivity contribution in [3.8, 4) is 0 Å². The zero-order valence-corrected chi connectivity index (χ0v) is 14.3. The lowest BCUT2D eigenvalue weighted by molar-refractivity contribution is -0.121. The number of nitrogens with one attached hydrogen (secondary N) is 2. The number of hydrogen-bond acceptors (Lipinski definition) is 2. The molecule has 2 N–H and O–H groups in total. The van der Waals surface area contributed by atoms with Gasteiger partial charge >= 0.3 is 0 Å². The third-order valence-corrected chi connectivity index (χ3v) is 4.63. The van der Waals surface area contributed by atoms with Crippen LogP contribution < -0.4 is 10.6 Å². The molecule has 3 nitrogen and oxygen atoms in total. The highest BCUT2D eigenvalue weighted by Crippen LogP contribution is 2.18. The molecule has 0 aliphatic heterocycles. The molecule has 0 unspecified atom stereocenters. The molecule has 0 saturated heterocycles. The number of carbonyl (C=O) groups is 1. The Kier molecular flexibility index (Phi) is 6.71. The van der Waals surface area contributed by atoms with E-state index in [1.807, 2.05) is 12.1 Å². The topological polar surface area (TPSA) is 41.1 Å². The van der Waals surface area contributed by atoms with E-state index in [0.717, 1.165) is 17.3 Å². The van der Waals surface area contributed by atoms with Crippen LogP contribution in [-0.4, -0.2) is 18.5 Å². The lowest BCUT2D eigenvalue weighted by atomic mass is 10.1. The number of rotatable bonds is 5. The second-order valence-corrected chi connectivity index (χ2v) is 6.83. The van der Waals surface area contributed by atoms with Crippen LogP contribution in [0.3, 0.4) is 0 Å². The van der Waals surface area contributed by atoms with Crippen LogP contribution in [0.15, 0.2) is 28.7 Å². The van der Waals surface area contributed by atoms with E-state index in [9.17, 15) is 4.79 Å². The molecule has 1 fully saturated rings. The molecule has 116 valence electrons. The summed E-state index contributed by atoms with van der Waals surface area (Å²) in [4.78, 5) is 12.0. The number of amides is 1. The van der Waals surface area contributed by atoms with E-state index in [2.05, 4.69) is 45.6 Å². The van der Waals surface area contributed by atoms with E-state index in [-0.39, 0.29) is 11.9 Å². The summed E-state index contributed by atoms with van der Waals surface area (Å²) in [6.45, 7) is 2.46. The Bertz CT molecular complexity index is 456. The number of carbonyl (C=O) groups excluding carboxylic acids is 1. The van der Waals surface area contributed by atoms with Crippen molar-refractivity contribution in [2.45, 2.75) is 57.5 Å². The summed E-state index contributed by atoms with van der Waals surface area (Å²) in [5, 5.41) is 6.46. The first kappa shape index (κ1) is 16.5. The minimum Gasteiger partial charge on any atom is -0.352 e. The van der Waals surface area contributed by atoms with Gasteiger partial charge in [-0.15, -0.1) is 0 Å². The third-order valence-electron chi connectivity index (χ3n) is 4.14. The largest absolute Gasteiger partial charge is 0.352 e. The maximum Gasteiger partial charge on any atom is 0.234 e. The molecule has 1 atom stereocenters. The van der Waals surface area contributed by atoms with Gasteiger partial charge in [-0.1, -0.05) is 53.7 Å². The molecular formula is C17H25BrN2O. The van der Waals surface area contributed by atoms with Gasteiger partial charge in [0.25, 0.3) is 0 Å². The Morgan fingerprint density at radius 2 is 2.00 bits per heavy atom. The third kappa shape index (κ3) is 5.79. The predicted molar refractivity (Wildman–Crippen MR) is 90.2 cm³/mol. The molecule has 0 radical (unpaired) electrons.